The standard InChI is InChI=1S/C29H25F5N4O4S/c1-41-22-13-18(9-12-21(22)42-15-16-5-3-2-4-6-16)20(38-19-10-7-17(8-11-19)29(35)36)14-37-43(39,40)28-26(33)24(31)23(30)25(32)27(28)34/h2-13,20,37-38H,14-15H2,1H3,(H3,35,36). The summed E-state index contributed by atoms with van der Waals surface area (Å²) >= 11 is 0. The van der Waals surface area contributed by atoms with Crippen molar-refractivity contribution in [1.29, 1.82) is 5.41 Å². The number of hydrogen-bond acceptors (Lipinski definition) is 6. The fraction of sp³-hybridized carbons (Fsp3) is 0.138. The van der Waals surface area contributed by atoms with Crippen LogP contribution in [0.4, 0.5) is 27.6 Å². The molecule has 8 nitrogen and oxygen atoms in total. The van der Waals surface area contributed by atoms with E-state index in [-0.39, 0.29) is 18.2 Å². The maximum absolute atomic E-state index is 14.3. The molecule has 4 aromatic rings. The second-order valence-electron chi connectivity index (χ2n) is 9.12. The zero-order valence-electron chi connectivity index (χ0n) is 22.4. The van der Waals surface area contributed by atoms with Gasteiger partial charge < -0.3 is 20.5 Å². The first kappa shape index (κ1) is 31.3. The molecule has 0 fully saturated rings. The highest BCUT2D eigenvalue weighted by molar-refractivity contribution is 7.89. The van der Waals surface area contributed by atoms with Crippen molar-refractivity contribution in [1.82, 2.24) is 4.72 Å². The van der Waals surface area contributed by atoms with Crippen molar-refractivity contribution in [2.24, 2.45) is 5.73 Å². The van der Waals surface area contributed by atoms with Crippen molar-refractivity contribution < 1.29 is 39.8 Å². The first-order chi connectivity index (χ1) is 20.4. The summed E-state index contributed by atoms with van der Waals surface area (Å²) in [6.07, 6.45) is 0. The quantitative estimate of drug-likeness (QED) is 0.0554. The Kier molecular flexibility index (Phi) is 9.51. The molecule has 0 aliphatic carbocycles. The largest absolute Gasteiger partial charge is 0.493 e. The van der Waals surface area contributed by atoms with E-state index in [0.717, 1.165) is 5.56 Å². The summed E-state index contributed by atoms with van der Waals surface area (Å²) in [5.41, 5.74) is 7.63. The van der Waals surface area contributed by atoms with Crippen LogP contribution in [0.2, 0.25) is 0 Å². The summed E-state index contributed by atoms with van der Waals surface area (Å²) in [6.45, 7) is -0.383. The van der Waals surface area contributed by atoms with E-state index in [1.54, 1.807) is 24.3 Å². The molecule has 226 valence electrons. The van der Waals surface area contributed by atoms with Gasteiger partial charge in [-0.1, -0.05) is 36.4 Å². The molecule has 43 heavy (non-hydrogen) atoms. The topological polar surface area (TPSA) is 127 Å². The van der Waals surface area contributed by atoms with Gasteiger partial charge in [-0.3, -0.25) is 5.41 Å². The molecular weight excluding hydrogens is 595 g/mol. The molecule has 0 saturated carbocycles. The molecule has 0 saturated heterocycles. The van der Waals surface area contributed by atoms with Crippen LogP contribution in [0, 0.1) is 34.5 Å². The fourth-order valence-corrected chi connectivity index (χ4v) is 5.22. The Bertz CT molecular complexity index is 1710. The summed E-state index contributed by atoms with van der Waals surface area (Å²) in [5.74, 6) is -11.8. The van der Waals surface area contributed by atoms with Gasteiger partial charge in [-0.25, -0.2) is 35.1 Å². The number of halogens is 5. The highest BCUT2D eigenvalue weighted by Gasteiger charge is 2.34. The minimum atomic E-state index is -5.25. The Morgan fingerprint density at radius 3 is 2.05 bits per heavy atom. The van der Waals surface area contributed by atoms with E-state index < -0.39 is 56.6 Å². The molecule has 0 radical (unpaired) electrons. The number of sulfonamides is 1. The van der Waals surface area contributed by atoms with Crippen LogP contribution in [0.5, 0.6) is 11.5 Å². The first-order valence-corrected chi connectivity index (χ1v) is 14.0. The average Bonchev–Trinajstić information content (AvgIpc) is 3.00. The van der Waals surface area contributed by atoms with Crippen LogP contribution in [0.15, 0.2) is 77.7 Å². The van der Waals surface area contributed by atoms with Crippen molar-refractivity contribution in [3.63, 3.8) is 0 Å². The number of benzene rings is 4. The van der Waals surface area contributed by atoms with Crippen LogP contribution in [0.3, 0.4) is 0 Å². The Morgan fingerprint density at radius 1 is 0.860 bits per heavy atom. The van der Waals surface area contributed by atoms with E-state index >= 15 is 0 Å². The van der Waals surface area contributed by atoms with E-state index in [4.69, 9.17) is 20.6 Å². The SMILES string of the molecule is COc1cc(C(CNS(=O)(=O)c2c(F)c(F)c(F)c(F)c2F)Nc2ccc(C(=N)N)cc2)ccc1OCc1ccccc1. The van der Waals surface area contributed by atoms with Crippen LogP contribution in [-0.4, -0.2) is 27.9 Å². The summed E-state index contributed by atoms with van der Waals surface area (Å²) in [4.78, 5) is -2.00. The van der Waals surface area contributed by atoms with Crippen LogP contribution in [-0.2, 0) is 16.6 Å². The number of rotatable bonds is 12. The van der Waals surface area contributed by atoms with Crippen LogP contribution in [0.1, 0.15) is 22.7 Å². The lowest BCUT2D eigenvalue weighted by atomic mass is 10.1. The van der Waals surface area contributed by atoms with Gasteiger partial charge in [0.15, 0.2) is 39.7 Å². The van der Waals surface area contributed by atoms with Gasteiger partial charge in [0.1, 0.15) is 12.4 Å². The predicted molar refractivity (Wildman–Crippen MR) is 149 cm³/mol. The van der Waals surface area contributed by atoms with Crippen molar-refractivity contribution >= 4 is 21.5 Å². The lowest BCUT2D eigenvalue weighted by molar-refractivity contribution is 0.284. The molecule has 4 aromatic carbocycles. The Labute approximate surface area is 243 Å². The fourth-order valence-electron chi connectivity index (χ4n) is 4.04. The smallest absolute Gasteiger partial charge is 0.246 e. The number of nitrogen functional groups attached to an aromatic ring is 1. The molecule has 14 heteroatoms. The molecule has 5 N–H and O–H groups in total. The van der Waals surface area contributed by atoms with Crippen LogP contribution in [0.25, 0.3) is 0 Å². The third-order valence-corrected chi connectivity index (χ3v) is 7.72. The molecule has 0 aliphatic heterocycles. The normalized spacial score (nSPS) is 12.0. The number of methoxy groups -OCH3 is 1. The molecule has 0 aliphatic rings. The van der Waals surface area contributed by atoms with E-state index in [1.165, 1.54) is 25.3 Å². The third kappa shape index (κ3) is 7.04. The van der Waals surface area contributed by atoms with E-state index in [2.05, 4.69) is 5.32 Å². The summed E-state index contributed by atoms with van der Waals surface area (Å²) in [5, 5.41) is 10.6. The first-order valence-electron chi connectivity index (χ1n) is 12.5. The monoisotopic (exact) mass is 620 g/mol. The van der Waals surface area contributed by atoms with Gasteiger partial charge in [0.05, 0.1) is 13.2 Å². The van der Waals surface area contributed by atoms with Gasteiger partial charge in [0.2, 0.25) is 15.8 Å². The highest BCUT2D eigenvalue weighted by Crippen LogP contribution is 2.33. The molecular formula is C29H25F5N4O4S. The Balaban J connectivity index is 1.66. The maximum Gasteiger partial charge on any atom is 0.246 e. The molecule has 0 spiro atoms. The van der Waals surface area contributed by atoms with Gasteiger partial charge in [-0.05, 0) is 47.5 Å². The Hall–Kier alpha value is -4.69. The molecule has 1 unspecified atom stereocenters. The van der Waals surface area contributed by atoms with E-state index in [9.17, 15) is 30.4 Å². The number of anilines is 1. The van der Waals surface area contributed by atoms with Gasteiger partial charge >= 0.3 is 0 Å². The second-order valence-corrected chi connectivity index (χ2v) is 10.8. The maximum atomic E-state index is 14.3. The molecule has 0 amide bonds. The van der Waals surface area contributed by atoms with Crippen LogP contribution >= 0.6 is 0 Å². The number of nitrogens with two attached hydrogens (primary N) is 1. The van der Waals surface area contributed by atoms with Crippen molar-refractivity contribution in [2.45, 2.75) is 17.5 Å². The van der Waals surface area contributed by atoms with Crippen LogP contribution < -0.4 is 25.2 Å². The number of nitrogens with one attached hydrogen (secondary N) is 3. The highest BCUT2D eigenvalue weighted by atomic mass is 32.2. The van der Waals surface area contributed by atoms with Crippen molar-refractivity contribution in [3.05, 3.63) is 119 Å². The number of hydrogen-bond donors (Lipinski definition) is 4. The third-order valence-electron chi connectivity index (χ3n) is 6.28. The molecule has 4 rings (SSSR count). The molecule has 0 aromatic heterocycles. The lowest BCUT2D eigenvalue weighted by Crippen LogP contribution is -2.33. The van der Waals surface area contributed by atoms with E-state index in [1.807, 2.05) is 35.1 Å². The van der Waals surface area contributed by atoms with Gasteiger partial charge in [-0.2, -0.15) is 0 Å². The minimum absolute atomic E-state index is 0.186. The predicted octanol–water partition coefficient (Wildman–Crippen LogP) is 5.39. The molecule has 0 heterocycles. The minimum Gasteiger partial charge on any atom is -0.493 e. The number of ether oxygens (including phenoxy) is 2. The van der Waals surface area contributed by atoms with Gasteiger partial charge in [0.25, 0.3) is 0 Å². The average molecular weight is 621 g/mol. The van der Waals surface area contributed by atoms with Gasteiger partial charge in [0, 0.05) is 17.8 Å². The van der Waals surface area contributed by atoms with Crippen molar-refractivity contribution in [3.8, 4) is 11.5 Å². The van der Waals surface area contributed by atoms with Crippen molar-refractivity contribution in [2.75, 3.05) is 19.0 Å². The summed E-state index contributed by atoms with van der Waals surface area (Å²) in [7, 11) is -3.85. The second kappa shape index (κ2) is 13.1. The molecule has 1 atom stereocenters. The zero-order valence-corrected chi connectivity index (χ0v) is 23.2. The lowest BCUT2D eigenvalue weighted by Gasteiger charge is -2.23. The zero-order chi connectivity index (χ0) is 31.3. The van der Waals surface area contributed by atoms with Gasteiger partial charge in [-0.15, -0.1) is 0 Å². The number of amidine groups is 1. The summed E-state index contributed by atoms with van der Waals surface area (Å²) < 4.78 is 109. The molecule has 0 bridgehead atoms. The Morgan fingerprint density at radius 2 is 1.47 bits per heavy atom. The van der Waals surface area contributed by atoms with E-state index in [0.29, 0.717) is 22.6 Å². The summed E-state index contributed by atoms with van der Waals surface area (Å²) in [6, 6.07) is 19.2.